The molecule has 1 rings (SSSR count). The van der Waals surface area contributed by atoms with Gasteiger partial charge in [-0.3, -0.25) is 9.59 Å². The first-order valence-electron chi connectivity index (χ1n) is 6.35. The summed E-state index contributed by atoms with van der Waals surface area (Å²) in [6.45, 7) is 6.38. The Morgan fingerprint density at radius 3 is 2.41 bits per heavy atom. The molecule has 1 aliphatic heterocycles. The van der Waals surface area contributed by atoms with Crippen molar-refractivity contribution in [1.82, 2.24) is 16.0 Å². The second kappa shape index (κ2) is 6.59. The van der Waals surface area contributed by atoms with Crippen molar-refractivity contribution in [2.24, 2.45) is 0 Å². The summed E-state index contributed by atoms with van der Waals surface area (Å²) >= 11 is 0. The molecule has 1 fully saturated rings. The van der Waals surface area contributed by atoms with E-state index in [1.54, 1.807) is 6.92 Å². The second-order valence-electron chi connectivity index (χ2n) is 4.90. The van der Waals surface area contributed by atoms with Crippen LogP contribution in [0.4, 0.5) is 0 Å². The molecule has 0 bridgehead atoms. The molecule has 3 N–H and O–H groups in total. The van der Waals surface area contributed by atoms with Crippen LogP contribution in [0, 0.1) is 0 Å². The van der Waals surface area contributed by atoms with Gasteiger partial charge in [-0.15, -0.1) is 0 Å². The van der Waals surface area contributed by atoms with E-state index in [0.717, 1.165) is 25.8 Å². The van der Waals surface area contributed by atoms with Crippen molar-refractivity contribution in [3.8, 4) is 0 Å². The average Bonchev–Trinajstić information content (AvgIpc) is 2.29. The summed E-state index contributed by atoms with van der Waals surface area (Å²) in [4.78, 5) is 23.5. The van der Waals surface area contributed by atoms with Gasteiger partial charge in [-0.2, -0.15) is 0 Å². The number of rotatable bonds is 4. The molecule has 0 spiro atoms. The zero-order valence-corrected chi connectivity index (χ0v) is 10.9. The van der Waals surface area contributed by atoms with E-state index in [2.05, 4.69) is 16.0 Å². The quantitative estimate of drug-likeness (QED) is 0.656. The molecule has 1 aliphatic rings. The molecule has 0 radical (unpaired) electrons. The van der Waals surface area contributed by atoms with Crippen LogP contribution in [0.3, 0.4) is 0 Å². The smallest absolute Gasteiger partial charge is 0.242 e. The van der Waals surface area contributed by atoms with Crippen LogP contribution in [0.5, 0.6) is 0 Å². The van der Waals surface area contributed by atoms with Crippen molar-refractivity contribution >= 4 is 11.8 Å². The van der Waals surface area contributed by atoms with Gasteiger partial charge in [-0.1, -0.05) is 6.42 Å². The minimum absolute atomic E-state index is 0.0730. The Balaban J connectivity index is 2.36. The third kappa shape index (κ3) is 4.73. The maximum atomic E-state index is 11.8. The van der Waals surface area contributed by atoms with Crippen molar-refractivity contribution in [1.29, 1.82) is 0 Å². The molecular formula is C12H23N3O2. The lowest BCUT2D eigenvalue weighted by Crippen LogP contribution is -2.53. The van der Waals surface area contributed by atoms with Crippen molar-refractivity contribution in [3.63, 3.8) is 0 Å². The maximum Gasteiger partial charge on any atom is 0.242 e. The first-order valence-corrected chi connectivity index (χ1v) is 6.35. The average molecular weight is 241 g/mol. The normalized spacial score (nSPS) is 22.0. The van der Waals surface area contributed by atoms with Gasteiger partial charge < -0.3 is 16.0 Å². The molecule has 98 valence electrons. The largest absolute Gasteiger partial charge is 0.352 e. The van der Waals surface area contributed by atoms with Gasteiger partial charge in [0.15, 0.2) is 0 Å². The van der Waals surface area contributed by atoms with E-state index in [9.17, 15) is 9.59 Å². The second-order valence-corrected chi connectivity index (χ2v) is 4.90. The Kier molecular flexibility index (Phi) is 5.41. The van der Waals surface area contributed by atoms with E-state index in [1.165, 1.54) is 0 Å². The Morgan fingerprint density at radius 1 is 1.18 bits per heavy atom. The third-order valence-corrected chi connectivity index (χ3v) is 2.81. The van der Waals surface area contributed by atoms with E-state index in [1.807, 2.05) is 13.8 Å². The molecular weight excluding hydrogens is 218 g/mol. The van der Waals surface area contributed by atoms with Crippen molar-refractivity contribution < 1.29 is 9.59 Å². The molecule has 1 saturated heterocycles. The molecule has 0 aromatic heterocycles. The summed E-state index contributed by atoms with van der Waals surface area (Å²) in [5, 5.41) is 8.68. The van der Waals surface area contributed by atoms with Crippen LogP contribution in [0.15, 0.2) is 0 Å². The molecule has 5 nitrogen and oxygen atoms in total. The molecule has 2 amide bonds. The van der Waals surface area contributed by atoms with Crippen LogP contribution < -0.4 is 16.0 Å². The van der Waals surface area contributed by atoms with Gasteiger partial charge >= 0.3 is 0 Å². The molecule has 2 atom stereocenters. The van der Waals surface area contributed by atoms with Crippen LogP contribution in [0.1, 0.15) is 40.0 Å². The fourth-order valence-electron chi connectivity index (χ4n) is 1.86. The molecule has 5 heteroatoms. The summed E-state index contributed by atoms with van der Waals surface area (Å²) in [6, 6.07) is -0.527. The summed E-state index contributed by atoms with van der Waals surface area (Å²) in [5.41, 5.74) is 0. The Morgan fingerprint density at radius 2 is 1.88 bits per heavy atom. The zero-order chi connectivity index (χ0) is 12.8. The van der Waals surface area contributed by atoms with Crippen molar-refractivity contribution in [3.05, 3.63) is 0 Å². The maximum absolute atomic E-state index is 11.8. The lowest BCUT2D eigenvalue weighted by molar-refractivity contribution is -0.130. The first kappa shape index (κ1) is 14.0. The molecule has 17 heavy (non-hydrogen) atoms. The number of carbonyl (C=O) groups is 2. The summed E-state index contributed by atoms with van der Waals surface area (Å²) in [7, 11) is 0. The zero-order valence-electron chi connectivity index (χ0n) is 10.9. The van der Waals surface area contributed by atoms with Gasteiger partial charge in [0.25, 0.3) is 0 Å². The monoisotopic (exact) mass is 241 g/mol. The summed E-state index contributed by atoms with van der Waals surface area (Å²) in [6.07, 6.45) is 3.04. The van der Waals surface area contributed by atoms with Crippen LogP contribution in [0.2, 0.25) is 0 Å². The molecule has 0 aliphatic carbocycles. The number of piperidine rings is 1. The van der Waals surface area contributed by atoms with E-state index >= 15 is 0 Å². The van der Waals surface area contributed by atoms with E-state index in [0.29, 0.717) is 0 Å². The highest BCUT2D eigenvalue weighted by Gasteiger charge is 2.23. The number of amides is 2. The fraction of sp³-hybridized carbons (Fsp3) is 0.833. The van der Waals surface area contributed by atoms with Gasteiger partial charge in [0, 0.05) is 6.04 Å². The minimum Gasteiger partial charge on any atom is -0.352 e. The number of nitrogens with one attached hydrogen (secondary N) is 3. The highest BCUT2D eigenvalue weighted by Crippen LogP contribution is 2.06. The van der Waals surface area contributed by atoms with Gasteiger partial charge in [0.05, 0.1) is 6.04 Å². The number of carbonyl (C=O) groups excluding carboxylic acids is 2. The lowest BCUT2D eigenvalue weighted by Gasteiger charge is -2.24. The Hall–Kier alpha value is -1.10. The van der Waals surface area contributed by atoms with E-state index < -0.39 is 6.04 Å². The fourth-order valence-corrected chi connectivity index (χ4v) is 1.86. The highest BCUT2D eigenvalue weighted by molar-refractivity contribution is 5.89. The van der Waals surface area contributed by atoms with Crippen molar-refractivity contribution in [2.75, 3.05) is 6.54 Å². The lowest BCUT2D eigenvalue weighted by atomic mass is 10.0. The Bertz CT molecular complexity index is 273. The first-order chi connectivity index (χ1) is 8.00. The predicted molar refractivity (Wildman–Crippen MR) is 66.5 cm³/mol. The predicted octanol–water partition coefficient (Wildman–Crippen LogP) is 0.158. The van der Waals surface area contributed by atoms with Gasteiger partial charge in [0.2, 0.25) is 11.8 Å². The number of hydrogen-bond acceptors (Lipinski definition) is 3. The molecule has 1 unspecified atom stereocenters. The topological polar surface area (TPSA) is 70.2 Å². The van der Waals surface area contributed by atoms with Crippen LogP contribution in [-0.4, -0.2) is 36.5 Å². The van der Waals surface area contributed by atoms with Gasteiger partial charge in [-0.25, -0.2) is 0 Å². The van der Waals surface area contributed by atoms with Crippen molar-refractivity contribution in [2.45, 2.75) is 58.2 Å². The van der Waals surface area contributed by atoms with Crippen LogP contribution in [0.25, 0.3) is 0 Å². The third-order valence-electron chi connectivity index (χ3n) is 2.81. The summed E-state index contributed by atoms with van der Waals surface area (Å²) < 4.78 is 0. The summed E-state index contributed by atoms with van der Waals surface area (Å²) in [5.74, 6) is -0.208. The SMILES string of the molecule is CC(C)NC(=O)C(C)NC(=O)[C@@H]1CCCCN1. The van der Waals surface area contributed by atoms with E-state index in [4.69, 9.17) is 0 Å². The minimum atomic E-state index is -0.478. The van der Waals surface area contributed by atoms with Gasteiger partial charge in [-0.05, 0) is 40.2 Å². The van der Waals surface area contributed by atoms with Crippen LogP contribution in [-0.2, 0) is 9.59 Å². The van der Waals surface area contributed by atoms with E-state index in [-0.39, 0.29) is 23.9 Å². The van der Waals surface area contributed by atoms with Gasteiger partial charge in [0.1, 0.15) is 6.04 Å². The molecule has 0 aromatic carbocycles. The molecule has 0 aromatic rings. The highest BCUT2D eigenvalue weighted by atomic mass is 16.2. The Labute approximate surface area is 103 Å². The number of hydrogen-bond donors (Lipinski definition) is 3. The van der Waals surface area contributed by atoms with Crippen LogP contribution >= 0.6 is 0 Å². The molecule has 1 heterocycles. The molecule has 0 saturated carbocycles. The standard InChI is InChI=1S/C12H23N3O2/c1-8(2)14-11(16)9(3)15-12(17)10-6-4-5-7-13-10/h8-10,13H,4-7H2,1-3H3,(H,14,16)(H,15,17)/t9?,10-/m0/s1.